The molecule has 0 bridgehead atoms. The summed E-state index contributed by atoms with van der Waals surface area (Å²) in [7, 11) is 0. The fraction of sp³-hybridized carbons (Fsp3) is 0.500. The number of aromatic nitrogens is 1. The Balaban J connectivity index is 2.61. The Morgan fingerprint density at radius 3 is 2.71 bits per heavy atom. The van der Waals surface area contributed by atoms with Gasteiger partial charge in [0, 0.05) is 5.69 Å². The number of aliphatic hydroxyl groups excluding tert-OH is 1. The Bertz CT molecular complexity index is 369. The number of carbonyl (C=O) groups excluding carboxylic acids is 1. The standard InChI is InChI=1S/C12H19N3O2/c1-4-10(7-16)14-12(17)15-11-6-8(2)5-9(3)13-11/h5-6,10,16H,4,7H2,1-3H3,(H2,13,14,15,17)/t10-/m0/s1. The number of pyridine rings is 1. The van der Waals surface area contributed by atoms with Gasteiger partial charge in [0.15, 0.2) is 0 Å². The van der Waals surface area contributed by atoms with Crippen molar-refractivity contribution in [2.45, 2.75) is 33.2 Å². The van der Waals surface area contributed by atoms with Gasteiger partial charge in [-0.1, -0.05) is 6.92 Å². The van der Waals surface area contributed by atoms with Gasteiger partial charge >= 0.3 is 6.03 Å². The van der Waals surface area contributed by atoms with E-state index < -0.39 is 0 Å². The second kappa shape index (κ2) is 6.20. The summed E-state index contributed by atoms with van der Waals surface area (Å²) in [5.74, 6) is 0.521. The molecule has 0 saturated carbocycles. The van der Waals surface area contributed by atoms with Crippen molar-refractivity contribution in [2.24, 2.45) is 0 Å². The minimum atomic E-state index is -0.344. The Morgan fingerprint density at radius 2 is 2.18 bits per heavy atom. The largest absolute Gasteiger partial charge is 0.394 e. The number of aryl methyl sites for hydroxylation is 2. The maximum Gasteiger partial charge on any atom is 0.320 e. The molecule has 0 spiro atoms. The number of nitrogens with zero attached hydrogens (tertiary/aromatic N) is 1. The summed E-state index contributed by atoms with van der Waals surface area (Å²) in [6.45, 7) is 5.65. The summed E-state index contributed by atoms with van der Waals surface area (Å²) < 4.78 is 0. The highest BCUT2D eigenvalue weighted by Gasteiger charge is 2.09. The Hall–Kier alpha value is -1.62. The van der Waals surface area contributed by atoms with Gasteiger partial charge in [-0.3, -0.25) is 5.32 Å². The fourth-order valence-corrected chi connectivity index (χ4v) is 1.52. The average Bonchev–Trinajstić information content (AvgIpc) is 2.24. The second-order valence-electron chi connectivity index (χ2n) is 4.06. The van der Waals surface area contributed by atoms with Crippen LogP contribution in [0.15, 0.2) is 12.1 Å². The number of hydrogen-bond donors (Lipinski definition) is 3. The molecule has 17 heavy (non-hydrogen) atoms. The maximum absolute atomic E-state index is 11.6. The molecule has 1 aromatic heterocycles. The smallest absolute Gasteiger partial charge is 0.320 e. The van der Waals surface area contributed by atoms with Gasteiger partial charge in [0.05, 0.1) is 12.6 Å². The average molecular weight is 237 g/mol. The number of nitrogens with one attached hydrogen (secondary N) is 2. The number of hydrogen-bond acceptors (Lipinski definition) is 3. The number of anilines is 1. The summed E-state index contributed by atoms with van der Waals surface area (Å²) in [4.78, 5) is 15.8. The van der Waals surface area contributed by atoms with Gasteiger partial charge in [-0.25, -0.2) is 9.78 Å². The number of amides is 2. The van der Waals surface area contributed by atoms with Crippen molar-refractivity contribution < 1.29 is 9.90 Å². The van der Waals surface area contributed by atoms with E-state index in [1.807, 2.05) is 26.8 Å². The molecule has 1 heterocycles. The van der Waals surface area contributed by atoms with Gasteiger partial charge in [-0.15, -0.1) is 0 Å². The zero-order chi connectivity index (χ0) is 12.8. The summed E-state index contributed by atoms with van der Waals surface area (Å²) >= 11 is 0. The highest BCUT2D eigenvalue weighted by molar-refractivity contribution is 5.88. The third-order valence-corrected chi connectivity index (χ3v) is 2.39. The molecule has 0 saturated heterocycles. The molecule has 3 N–H and O–H groups in total. The normalized spacial score (nSPS) is 12.0. The van der Waals surface area contributed by atoms with E-state index in [1.165, 1.54) is 0 Å². The van der Waals surface area contributed by atoms with E-state index >= 15 is 0 Å². The predicted octanol–water partition coefficient (Wildman–Crippen LogP) is 1.59. The van der Waals surface area contributed by atoms with Crippen LogP contribution in [-0.4, -0.2) is 28.8 Å². The Kier molecular flexibility index (Phi) is 4.90. The van der Waals surface area contributed by atoms with Crippen LogP contribution in [0.5, 0.6) is 0 Å². The summed E-state index contributed by atoms with van der Waals surface area (Å²) in [5, 5.41) is 14.3. The van der Waals surface area contributed by atoms with Gasteiger partial charge in [-0.05, 0) is 38.0 Å². The molecule has 5 heteroatoms. The van der Waals surface area contributed by atoms with Crippen LogP contribution in [0.4, 0.5) is 10.6 Å². The lowest BCUT2D eigenvalue weighted by Crippen LogP contribution is -2.39. The van der Waals surface area contributed by atoms with Crippen molar-refractivity contribution in [3.63, 3.8) is 0 Å². The van der Waals surface area contributed by atoms with Gasteiger partial charge in [-0.2, -0.15) is 0 Å². The molecule has 5 nitrogen and oxygen atoms in total. The number of rotatable bonds is 4. The van der Waals surface area contributed by atoms with Crippen molar-refractivity contribution in [1.82, 2.24) is 10.3 Å². The maximum atomic E-state index is 11.6. The first kappa shape index (κ1) is 13.4. The fourth-order valence-electron chi connectivity index (χ4n) is 1.52. The molecule has 0 fully saturated rings. The third-order valence-electron chi connectivity index (χ3n) is 2.39. The van der Waals surface area contributed by atoms with Gasteiger partial charge in [0.25, 0.3) is 0 Å². The lowest BCUT2D eigenvalue weighted by Gasteiger charge is -2.14. The van der Waals surface area contributed by atoms with Crippen LogP contribution in [-0.2, 0) is 0 Å². The summed E-state index contributed by atoms with van der Waals surface area (Å²) in [6.07, 6.45) is 0.685. The highest BCUT2D eigenvalue weighted by atomic mass is 16.3. The molecule has 1 rings (SSSR count). The molecule has 94 valence electrons. The van der Waals surface area contributed by atoms with E-state index in [4.69, 9.17) is 5.11 Å². The van der Waals surface area contributed by atoms with Crippen LogP contribution in [0.2, 0.25) is 0 Å². The molecule has 0 aliphatic carbocycles. The molecule has 0 unspecified atom stereocenters. The Labute approximate surface area is 101 Å². The Morgan fingerprint density at radius 1 is 1.47 bits per heavy atom. The second-order valence-corrected chi connectivity index (χ2v) is 4.06. The van der Waals surface area contributed by atoms with Crippen LogP contribution in [0.25, 0.3) is 0 Å². The van der Waals surface area contributed by atoms with Crippen molar-refractivity contribution >= 4 is 11.8 Å². The first-order chi connectivity index (χ1) is 8.05. The molecular weight excluding hydrogens is 218 g/mol. The number of aliphatic hydroxyl groups is 1. The minimum Gasteiger partial charge on any atom is -0.394 e. The molecule has 1 atom stereocenters. The van der Waals surface area contributed by atoms with E-state index in [-0.39, 0.29) is 18.7 Å². The molecule has 2 amide bonds. The molecule has 0 radical (unpaired) electrons. The van der Waals surface area contributed by atoms with Crippen molar-refractivity contribution in [3.8, 4) is 0 Å². The summed E-state index contributed by atoms with van der Waals surface area (Å²) in [5.41, 5.74) is 1.90. The third kappa shape index (κ3) is 4.40. The van der Waals surface area contributed by atoms with Gasteiger partial charge < -0.3 is 10.4 Å². The van der Waals surface area contributed by atoms with Crippen molar-refractivity contribution in [1.29, 1.82) is 0 Å². The molecular formula is C12H19N3O2. The van der Waals surface area contributed by atoms with Crippen LogP contribution in [0, 0.1) is 13.8 Å². The van der Waals surface area contributed by atoms with Crippen LogP contribution < -0.4 is 10.6 Å². The summed E-state index contributed by atoms with van der Waals surface area (Å²) in [6, 6.07) is 3.17. The van der Waals surface area contributed by atoms with Crippen LogP contribution in [0.1, 0.15) is 24.6 Å². The van der Waals surface area contributed by atoms with Gasteiger partial charge in [0.2, 0.25) is 0 Å². The first-order valence-corrected chi connectivity index (χ1v) is 5.68. The van der Waals surface area contributed by atoms with Crippen molar-refractivity contribution in [2.75, 3.05) is 11.9 Å². The van der Waals surface area contributed by atoms with E-state index in [1.54, 1.807) is 6.07 Å². The molecule has 1 aromatic rings. The van der Waals surface area contributed by atoms with Crippen LogP contribution >= 0.6 is 0 Å². The monoisotopic (exact) mass is 237 g/mol. The van der Waals surface area contributed by atoms with E-state index in [0.717, 1.165) is 11.3 Å². The minimum absolute atomic E-state index is 0.0653. The molecule has 0 aliphatic rings. The van der Waals surface area contributed by atoms with Crippen molar-refractivity contribution in [3.05, 3.63) is 23.4 Å². The first-order valence-electron chi connectivity index (χ1n) is 5.68. The van der Waals surface area contributed by atoms with E-state index in [9.17, 15) is 4.79 Å². The zero-order valence-electron chi connectivity index (χ0n) is 10.4. The lowest BCUT2D eigenvalue weighted by molar-refractivity contribution is 0.222. The topological polar surface area (TPSA) is 74.2 Å². The SMILES string of the molecule is CC[C@@H](CO)NC(=O)Nc1cc(C)cc(C)n1. The molecule has 0 aliphatic heterocycles. The predicted molar refractivity (Wildman–Crippen MR) is 67.0 cm³/mol. The number of urea groups is 1. The number of carbonyl (C=O) groups is 1. The van der Waals surface area contributed by atoms with Crippen LogP contribution in [0.3, 0.4) is 0 Å². The zero-order valence-corrected chi connectivity index (χ0v) is 10.4. The lowest BCUT2D eigenvalue weighted by atomic mass is 10.2. The highest BCUT2D eigenvalue weighted by Crippen LogP contribution is 2.08. The van der Waals surface area contributed by atoms with Gasteiger partial charge in [0.1, 0.15) is 5.82 Å². The van der Waals surface area contributed by atoms with E-state index in [2.05, 4.69) is 15.6 Å². The quantitative estimate of drug-likeness (QED) is 0.744. The van der Waals surface area contributed by atoms with E-state index in [0.29, 0.717) is 12.2 Å². The molecule has 0 aromatic carbocycles.